The van der Waals surface area contributed by atoms with Gasteiger partial charge in [0.25, 0.3) is 0 Å². The monoisotopic (exact) mass is 267 g/mol. The van der Waals surface area contributed by atoms with Crippen LogP contribution in [-0.4, -0.2) is 11.8 Å². The van der Waals surface area contributed by atoms with Crippen molar-refractivity contribution in [3.05, 3.63) is 29.6 Å². The van der Waals surface area contributed by atoms with Gasteiger partial charge in [-0.2, -0.15) is 0 Å². The highest BCUT2D eigenvalue weighted by atomic mass is 32.2. The summed E-state index contributed by atoms with van der Waals surface area (Å²) in [5.41, 5.74) is 1.35. The van der Waals surface area contributed by atoms with Crippen LogP contribution >= 0.6 is 11.8 Å². The van der Waals surface area contributed by atoms with Gasteiger partial charge in [0.1, 0.15) is 5.82 Å². The van der Waals surface area contributed by atoms with Crippen molar-refractivity contribution in [2.24, 2.45) is 5.41 Å². The van der Waals surface area contributed by atoms with E-state index in [1.165, 1.54) is 0 Å². The molecule has 0 aromatic heterocycles. The number of nitrogens with one attached hydrogen (secondary N) is 1. The van der Waals surface area contributed by atoms with Crippen LogP contribution in [0.1, 0.15) is 45.7 Å². The van der Waals surface area contributed by atoms with Gasteiger partial charge in [-0.05, 0) is 36.1 Å². The zero-order valence-corrected chi connectivity index (χ0v) is 12.4. The predicted octanol–water partition coefficient (Wildman–Crippen LogP) is 4.39. The SMILES string of the molecule is CC(NC1CCSc2c(F)cccc21)C(C)(C)C. The fourth-order valence-electron chi connectivity index (χ4n) is 2.11. The maximum absolute atomic E-state index is 13.8. The van der Waals surface area contributed by atoms with Gasteiger partial charge in [-0.15, -0.1) is 11.8 Å². The van der Waals surface area contributed by atoms with Gasteiger partial charge in [-0.25, -0.2) is 4.39 Å². The first-order valence-electron chi connectivity index (χ1n) is 6.57. The average Bonchev–Trinajstić information content (AvgIpc) is 2.29. The minimum Gasteiger partial charge on any atom is -0.307 e. The highest BCUT2D eigenvalue weighted by molar-refractivity contribution is 7.99. The van der Waals surface area contributed by atoms with E-state index in [2.05, 4.69) is 39.1 Å². The Bertz CT molecular complexity index is 425. The summed E-state index contributed by atoms with van der Waals surface area (Å²) in [6, 6.07) is 6.11. The van der Waals surface area contributed by atoms with Crippen LogP contribution in [0.3, 0.4) is 0 Å². The number of hydrogen-bond acceptors (Lipinski definition) is 2. The molecule has 1 heterocycles. The second-order valence-electron chi connectivity index (χ2n) is 6.10. The number of halogens is 1. The summed E-state index contributed by atoms with van der Waals surface area (Å²) in [4.78, 5) is 0.836. The molecule has 0 fully saturated rings. The Morgan fingerprint density at radius 3 is 2.78 bits per heavy atom. The van der Waals surface area contributed by atoms with E-state index in [0.717, 1.165) is 22.6 Å². The third-order valence-electron chi connectivity index (χ3n) is 3.78. The number of thioether (sulfide) groups is 1. The molecule has 2 rings (SSSR count). The average molecular weight is 267 g/mol. The lowest BCUT2D eigenvalue weighted by molar-refractivity contribution is 0.259. The van der Waals surface area contributed by atoms with Crippen LogP contribution in [0, 0.1) is 11.2 Å². The molecule has 0 spiro atoms. The lowest BCUT2D eigenvalue weighted by Crippen LogP contribution is -2.40. The van der Waals surface area contributed by atoms with Crippen molar-refractivity contribution in [2.75, 3.05) is 5.75 Å². The molecule has 1 aliphatic heterocycles. The van der Waals surface area contributed by atoms with E-state index in [0.29, 0.717) is 6.04 Å². The highest BCUT2D eigenvalue weighted by Crippen LogP contribution is 2.38. The molecule has 0 amide bonds. The zero-order valence-electron chi connectivity index (χ0n) is 11.6. The van der Waals surface area contributed by atoms with Crippen LogP contribution in [0.4, 0.5) is 4.39 Å². The van der Waals surface area contributed by atoms with E-state index in [1.54, 1.807) is 17.8 Å². The number of hydrogen-bond donors (Lipinski definition) is 1. The van der Waals surface area contributed by atoms with Gasteiger partial charge in [0, 0.05) is 17.0 Å². The van der Waals surface area contributed by atoms with E-state index < -0.39 is 0 Å². The molecule has 1 aromatic carbocycles. The Hall–Kier alpha value is -0.540. The van der Waals surface area contributed by atoms with Gasteiger partial charge in [-0.3, -0.25) is 0 Å². The molecule has 1 aliphatic rings. The lowest BCUT2D eigenvalue weighted by Gasteiger charge is -2.35. The predicted molar refractivity (Wildman–Crippen MR) is 76.5 cm³/mol. The van der Waals surface area contributed by atoms with Gasteiger partial charge in [-0.1, -0.05) is 32.9 Å². The van der Waals surface area contributed by atoms with Crippen LogP contribution in [0.15, 0.2) is 23.1 Å². The standard InChI is InChI=1S/C15H22FNS/c1-10(15(2,3)4)17-13-8-9-18-14-11(13)6-5-7-12(14)16/h5-7,10,13,17H,8-9H2,1-4H3. The van der Waals surface area contributed by atoms with Crippen molar-refractivity contribution in [1.29, 1.82) is 0 Å². The van der Waals surface area contributed by atoms with Crippen molar-refractivity contribution in [2.45, 2.75) is 51.1 Å². The smallest absolute Gasteiger partial charge is 0.137 e. The lowest BCUT2D eigenvalue weighted by atomic mass is 9.87. The molecule has 3 heteroatoms. The zero-order chi connectivity index (χ0) is 13.3. The molecule has 2 atom stereocenters. The van der Waals surface area contributed by atoms with Crippen molar-refractivity contribution in [1.82, 2.24) is 5.32 Å². The van der Waals surface area contributed by atoms with Crippen LogP contribution in [-0.2, 0) is 0 Å². The van der Waals surface area contributed by atoms with Crippen LogP contribution in [0.25, 0.3) is 0 Å². The molecule has 0 radical (unpaired) electrons. The maximum atomic E-state index is 13.8. The van der Waals surface area contributed by atoms with Gasteiger partial charge < -0.3 is 5.32 Å². The molecule has 2 unspecified atom stereocenters. The van der Waals surface area contributed by atoms with Crippen LogP contribution in [0.2, 0.25) is 0 Å². The fourth-order valence-corrected chi connectivity index (χ4v) is 3.25. The first-order chi connectivity index (χ1) is 8.39. The van der Waals surface area contributed by atoms with Crippen molar-refractivity contribution in [3.8, 4) is 0 Å². The summed E-state index contributed by atoms with van der Waals surface area (Å²) in [5.74, 6) is 0.912. The Morgan fingerprint density at radius 2 is 2.11 bits per heavy atom. The second kappa shape index (κ2) is 5.22. The van der Waals surface area contributed by atoms with Gasteiger partial charge in [0.2, 0.25) is 0 Å². The summed E-state index contributed by atoms with van der Waals surface area (Å²) >= 11 is 1.64. The Labute approximate surface area is 114 Å². The summed E-state index contributed by atoms with van der Waals surface area (Å²) in [7, 11) is 0. The molecular weight excluding hydrogens is 245 g/mol. The van der Waals surface area contributed by atoms with E-state index in [-0.39, 0.29) is 17.3 Å². The minimum atomic E-state index is -0.0765. The number of rotatable bonds is 2. The van der Waals surface area contributed by atoms with E-state index in [9.17, 15) is 4.39 Å². The van der Waals surface area contributed by atoms with Crippen molar-refractivity contribution in [3.63, 3.8) is 0 Å². The summed E-state index contributed by atoms with van der Waals surface area (Å²) in [6.45, 7) is 8.90. The first kappa shape index (κ1) is 13.9. The fraction of sp³-hybridized carbons (Fsp3) is 0.600. The molecular formula is C15H22FNS. The first-order valence-corrected chi connectivity index (χ1v) is 7.55. The van der Waals surface area contributed by atoms with Crippen molar-refractivity contribution < 1.29 is 4.39 Å². The molecule has 1 N–H and O–H groups in total. The molecule has 0 bridgehead atoms. The third kappa shape index (κ3) is 2.89. The Morgan fingerprint density at radius 1 is 1.39 bits per heavy atom. The Balaban J connectivity index is 2.21. The second-order valence-corrected chi connectivity index (χ2v) is 7.21. The molecule has 0 saturated heterocycles. The molecule has 1 aromatic rings. The largest absolute Gasteiger partial charge is 0.307 e. The van der Waals surface area contributed by atoms with Crippen LogP contribution in [0.5, 0.6) is 0 Å². The third-order valence-corrected chi connectivity index (χ3v) is 4.94. The molecule has 0 saturated carbocycles. The minimum absolute atomic E-state index is 0.0765. The van der Waals surface area contributed by atoms with E-state index in [4.69, 9.17) is 0 Å². The highest BCUT2D eigenvalue weighted by Gasteiger charge is 2.27. The van der Waals surface area contributed by atoms with Gasteiger partial charge >= 0.3 is 0 Å². The molecule has 100 valence electrons. The summed E-state index contributed by atoms with van der Waals surface area (Å²) in [5, 5.41) is 3.66. The summed E-state index contributed by atoms with van der Waals surface area (Å²) < 4.78 is 13.8. The summed E-state index contributed by atoms with van der Waals surface area (Å²) in [6.07, 6.45) is 1.07. The van der Waals surface area contributed by atoms with Gasteiger partial charge in [0.15, 0.2) is 0 Å². The number of fused-ring (bicyclic) bond motifs is 1. The van der Waals surface area contributed by atoms with Crippen molar-refractivity contribution >= 4 is 11.8 Å². The molecule has 18 heavy (non-hydrogen) atoms. The van der Waals surface area contributed by atoms with E-state index in [1.807, 2.05) is 6.07 Å². The van der Waals surface area contributed by atoms with E-state index >= 15 is 0 Å². The molecule has 1 nitrogen and oxygen atoms in total. The van der Waals surface area contributed by atoms with Crippen LogP contribution < -0.4 is 5.32 Å². The maximum Gasteiger partial charge on any atom is 0.137 e. The molecule has 0 aliphatic carbocycles. The quantitative estimate of drug-likeness (QED) is 0.853. The number of benzene rings is 1. The Kier molecular flexibility index (Phi) is 4.02. The van der Waals surface area contributed by atoms with Gasteiger partial charge in [0.05, 0.1) is 0 Å². The normalized spacial score (nSPS) is 21.5. The topological polar surface area (TPSA) is 12.0 Å².